The van der Waals surface area contributed by atoms with Crippen LogP contribution in [0.3, 0.4) is 0 Å². The molecule has 0 heterocycles. The molecule has 1 rings (SSSR count). The number of benzene rings is 1. The molecule has 20 heavy (non-hydrogen) atoms. The van der Waals surface area contributed by atoms with Crippen LogP contribution in [0.1, 0.15) is 13.3 Å². The molecular weight excluding hydrogens is 262 g/mol. The molecule has 1 aromatic carbocycles. The van der Waals surface area contributed by atoms with Gasteiger partial charge in [0.2, 0.25) is 0 Å². The van der Waals surface area contributed by atoms with Gasteiger partial charge in [-0.25, -0.2) is 4.79 Å². The molecular formula is C14H21NO5. The van der Waals surface area contributed by atoms with E-state index in [0.29, 0.717) is 25.3 Å². The predicted molar refractivity (Wildman–Crippen MR) is 75.2 cm³/mol. The Morgan fingerprint density at radius 2 is 1.75 bits per heavy atom. The number of aliphatic hydroxyl groups excluding tert-OH is 2. The Morgan fingerprint density at radius 1 is 1.20 bits per heavy atom. The van der Waals surface area contributed by atoms with Gasteiger partial charge in [0.1, 0.15) is 5.75 Å². The number of hydrogen-bond acceptors (Lipinski definition) is 5. The van der Waals surface area contributed by atoms with Gasteiger partial charge in [-0.15, -0.1) is 0 Å². The number of carboxylic acid groups (broad SMARTS) is 1. The Bertz CT molecular complexity index is 401. The largest absolute Gasteiger partial charge is 0.479 e. The van der Waals surface area contributed by atoms with Gasteiger partial charge in [-0.3, -0.25) is 0 Å². The van der Waals surface area contributed by atoms with Crippen molar-refractivity contribution in [2.45, 2.75) is 19.4 Å². The van der Waals surface area contributed by atoms with E-state index in [1.807, 2.05) is 4.90 Å². The number of carbonyl (C=O) groups is 1. The summed E-state index contributed by atoms with van der Waals surface area (Å²) >= 11 is 0. The molecule has 1 aromatic rings. The average Bonchev–Trinajstić information content (AvgIpc) is 2.45. The molecule has 0 fully saturated rings. The van der Waals surface area contributed by atoms with Crippen molar-refractivity contribution in [2.24, 2.45) is 0 Å². The van der Waals surface area contributed by atoms with Crippen molar-refractivity contribution in [2.75, 3.05) is 31.2 Å². The lowest BCUT2D eigenvalue weighted by Gasteiger charge is -2.23. The standard InChI is InChI=1S/C14H21NO5/c1-2-13(14(18)19)20-12-5-3-11(4-6-12)15(7-9-16)8-10-17/h3-6,13,16-17H,2,7-10H2,1H3,(H,18,19). The fraction of sp³-hybridized carbons (Fsp3) is 0.500. The normalized spacial score (nSPS) is 11.9. The second-order valence-corrected chi connectivity index (χ2v) is 4.28. The van der Waals surface area contributed by atoms with Gasteiger partial charge in [-0.2, -0.15) is 0 Å². The summed E-state index contributed by atoms with van der Waals surface area (Å²) in [6.45, 7) is 2.59. The van der Waals surface area contributed by atoms with E-state index in [1.165, 1.54) is 0 Å². The van der Waals surface area contributed by atoms with Gasteiger partial charge < -0.3 is 25.0 Å². The quantitative estimate of drug-likeness (QED) is 0.618. The molecule has 0 aliphatic rings. The first-order chi connectivity index (χ1) is 9.62. The smallest absolute Gasteiger partial charge is 0.344 e. The molecule has 0 spiro atoms. The summed E-state index contributed by atoms with van der Waals surface area (Å²) in [5.74, 6) is -0.505. The summed E-state index contributed by atoms with van der Waals surface area (Å²) in [4.78, 5) is 12.7. The lowest BCUT2D eigenvalue weighted by Crippen LogP contribution is -2.29. The minimum atomic E-state index is -0.987. The zero-order chi connectivity index (χ0) is 15.0. The molecule has 0 aromatic heterocycles. The summed E-state index contributed by atoms with van der Waals surface area (Å²) in [5, 5.41) is 26.9. The van der Waals surface area contributed by atoms with Gasteiger partial charge >= 0.3 is 5.97 Å². The first kappa shape index (κ1) is 16.3. The maximum absolute atomic E-state index is 10.9. The van der Waals surface area contributed by atoms with Gasteiger partial charge in [0.25, 0.3) is 0 Å². The molecule has 112 valence electrons. The van der Waals surface area contributed by atoms with Crippen molar-refractivity contribution in [3.8, 4) is 5.75 Å². The Morgan fingerprint density at radius 3 is 2.15 bits per heavy atom. The van der Waals surface area contributed by atoms with E-state index >= 15 is 0 Å². The molecule has 3 N–H and O–H groups in total. The monoisotopic (exact) mass is 283 g/mol. The van der Waals surface area contributed by atoms with Gasteiger partial charge in [0, 0.05) is 18.8 Å². The highest BCUT2D eigenvalue weighted by atomic mass is 16.5. The molecule has 6 heteroatoms. The fourth-order valence-corrected chi connectivity index (χ4v) is 1.82. The zero-order valence-electron chi connectivity index (χ0n) is 11.5. The van der Waals surface area contributed by atoms with E-state index in [4.69, 9.17) is 20.1 Å². The van der Waals surface area contributed by atoms with Crippen molar-refractivity contribution in [3.05, 3.63) is 24.3 Å². The van der Waals surface area contributed by atoms with Crippen LogP contribution in [-0.2, 0) is 4.79 Å². The Kier molecular flexibility index (Phi) is 6.83. The number of ether oxygens (including phenoxy) is 1. The minimum absolute atomic E-state index is 0.00479. The molecule has 1 unspecified atom stereocenters. The van der Waals surface area contributed by atoms with Crippen LogP contribution < -0.4 is 9.64 Å². The molecule has 1 atom stereocenters. The molecule has 0 aliphatic carbocycles. The van der Waals surface area contributed by atoms with E-state index in [2.05, 4.69) is 0 Å². The van der Waals surface area contributed by atoms with E-state index in [-0.39, 0.29) is 13.2 Å². The number of aliphatic hydroxyl groups is 2. The number of anilines is 1. The van der Waals surface area contributed by atoms with Crippen molar-refractivity contribution in [3.63, 3.8) is 0 Å². The van der Waals surface area contributed by atoms with Crippen LogP contribution in [0.25, 0.3) is 0 Å². The lowest BCUT2D eigenvalue weighted by atomic mass is 10.2. The number of carboxylic acids is 1. The summed E-state index contributed by atoms with van der Waals surface area (Å²) in [6.07, 6.45) is -0.468. The van der Waals surface area contributed by atoms with Crippen LogP contribution >= 0.6 is 0 Å². The fourth-order valence-electron chi connectivity index (χ4n) is 1.82. The van der Waals surface area contributed by atoms with Crippen LogP contribution in [0.5, 0.6) is 5.75 Å². The first-order valence-electron chi connectivity index (χ1n) is 6.58. The van der Waals surface area contributed by atoms with Crippen LogP contribution in [-0.4, -0.2) is 53.7 Å². The number of aliphatic carboxylic acids is 1. The van der Waals surface area contributed by atoms with Gasteiger partial charge in [0.05, 0.1) is 13.2 Å². The third-order valence-corrected chi connectivity index (χ3v) is 2.87. The second-order valence-electron chi connectivity index (χ2n) is 4.28. The molecule has 0 aliphatic heterocycles. The first-order valence-corrected chi connectivity index (χ1v) is 6.58. The number of rotatable bonds is 9. The Balaban J connectivity index is 2.73. The number of nitrogens with zero attached hydrogens (tertiary/aromatic N) is 1. The van der Waals surface area contributed by atoms with Crippen molar-refractivity contribution in [1.29, 1.82) is 0 Å². The highest BCUT2D eigenvalue weighted by molar-refractivity contribution is 5.72. The predicted octanol–water partition coefficient (Wildman–Crippen LogP) is 0.720. The molecule has 0 amide bonds. The zero-order valence-corrected chi connectivity index (χ0v) is 11.5. The molecule has 0 saturated heterocycles. The van der Waals surface area contributed by atoms with Crippen molar-refractivity contribution < 1.29 is 24.9 Å². The van der Waals surface area contributed by atoms with Crippen LogP contribution in [0.15, 0.2) is 24.3 Å². The summed E-state index contributed by atoms with van der Waals surface area (Å²) in [6, 6.07) is 6.91. The average molecular weight is 283 g/mol. The molecule has 6 nitrogen and oxygen atoms in total. The summed E-state index contributed by atoms with van der Waals surface area (Å²) in [7, 11) is 0. The van der Waals surface area contributed by atoms with Gasteiger partial charge in [-0.1, -0.05) is 6.92 Å². The summed E-state index contributed by atoms with van der Waals surface area (Å²) < 4.78 is 5.36. The van der Waals surface area contributed by atoms with E-state index in [9.17, 15) is 4.79 Å². The minimum Gasteiger partial charge on any atom is -0.479 e. The van der Waals surface area contributed by atoms with Gasteiger partial charge in [0.15, 0.2) is 6.10 Å². The SMILES string of the molecule is CCC(Oc1ccc(N(CCO)CCO)cc1)C(=O)O. The summed E-state index contributed by atoms with van der Waals surface area (Å²) in [5.41, 5.74) is 0.837. The van der Waals surface area contributed by atoms with Crippen LogP contribution in [0.2, 0.25) is 0 Å². The highest BCUT2D eigenvalue weighted by Crippen LogP contribution is 2.20. The topological polar surface area (TPSA) is 90.2 Å². The Labute approximate surface area is 118 Å². The highest BCUT2D eigenvalue weighted by Gasteiger charge is 2.16. The van der Waals surface area contributed by atoms with E-state index < -0.39 is 12.1 Å². The molecule has 0 radical (unpaired) electrons. The van der Waals surface area contributed by atoms with Crippen molar-refractivity contribution in [1.82, 2.24) is 0 Å². The van der Waals surface area contributed by atoms with Crippen molar-refractivity contribution >= 4 is 11.7 Å². The van der Waals surface area contributed by atoms with E-state index in [1.54, 1.807) is 31.2 Å². The maximum Gasteiger partial charge on any atom is 0.344 e. The number of hydrogen-bond donors (Lipinski definition) is 3. The third-order valence-electron chi connectivity index (χ3n) is 2.87. The lowest BCUT2D eigenvalue weighted by molar-refractivity contribution is -0.145. The molecule has 0 saturated carbocycles. The van der Waals surface area contributed by atoms with Crippen LogP contribution in [0.4, 0.5) is 5.69 Å². The molecule has 0 bridgehead atoms. The third kappa shape index (κ3) is 4.71. The maximum atomic E-state index is 10.9. The second kappa shape index (κ2) is 8.39. The van der Waals surface area contributed by atoms with E-state index in [0.717, 1.165) is 5.69 Å². The van der Waals surface area contributed by atoms with Crippen LogP contribution in [0, 0.1) is 0 Å². The Hall–Kier alpha value is -1.79. The van der Waals surface area contributed by atoms with Gasteiger partial charge in [-0.05, 0) is 30.7 Å².